The third kappa shape index (κ3) is 4.83. The van der Waals surface area contributed by atoms with Crippen molar-refractivity contribution in [2.45, 2.75) is 40.7 Å². The summed E-state index contributed by atoms with van der Waals surface area (Å²) in [6.45, 7) is 8.69. The van der Waals surface area contributed by atoms with Crippen LogP contribution >= 0.6 is 11.3 Å². The molecule has 0 aliphatic carbocycles. The van der Waals surface area contributed by atoms with Crippen molar-refractivity contribution in [2.75, 3.05) is 10.6 Å². The molecule has 2 aromatic carbocycles. The molecule has 2 heterocycles. The highest BCUT2D eigenvalue weighted by atomic mass is 32.1. The zero-order valence-corrected chi connectivity index (χ0v) is 21.4. The van der Waals surface area contributed by atoms with Crippen LogP contribution in [0.4, 0.5) is 11.4 Å². The van der Waals surface area contributed by atoms with Gasteiger partial charge in [-0.2, -0.15) is 0 Å². The summed E-state index contributed by atoms with van der Waals surface area (Å²) in [4.78, 5) is 55.9. The smallest absolute Gasteiger partial charge is 0.266 e. The molecule has 2 amide bonds. The maximum Gasteiger partial charge on any atom is 0.266 e. The van der Waals surface area contributed by atoms with E-state index in [1.807, 2.05) is 32.0 Å². The van der Waals surface area contributed by atoms with Gasteiger partial charge in [-0.05, 0) is 76.1 Å². The van der Waals surface area contributed by atoms with Crippen LogP contribution in [0.2, 0.25) is 0 Å². The molecule has 0 radical (unpaired) electrons. The number of hydrogen-bond acceptors (Lipinski definition) is 6. The number of benzene rings is 2. The number of hydrogen-bond donors (Lipinski definition) is 2. The van der Waals surface area contributed by atoms with Crippen molar-refractivity contribution in [1.29, 1.82) is 0 Å². The first-order valence-corrected chi connectivity index (χ1v) is 12.2. The van der Waals surface area contributed by atoms with E-state index in [0.717, 1.165) is 22.5 Å². The Labute approximate surface area is 212 Å². The number of Topliss-reactive ketones (excluding diaryl/α,β-unsaturated/α-hetero) is 1. The molecule has 0 bridgehead atoms. The van der Waals surface area contributed by atoms with Gasteiger partial charge in [0.05, 0.1) is 16.6 Å². The topological polar surface area (TPSA) is 110 Å². The van der Waals surface area contributed by atoms with Gasteiger partial charge in [-0.15, -0.1) is 11.3 Å². The van der Waals surface area contributed by atoms with E-state index in [-0.39, 0.29) is 11.7 Å². The van der Waals surface area contributed by atoms with Gasteiger partial charge in [-0.25, -0.2) is 4.98 Å². The summed E-state index contributed by atoms with van der Waals surface area (Å²) in [6, 6.07) is 11.4. The lowest BCUT2D eigenvalue weighted by Gasteiger charge is -2.15. The highest BCUT2D eigenvalue weighted by molar-refractivity contribution is 7.20. The van der Waals surface area contributed by atoms with Crippen LogP contribution in [-0.2, 0) is 4.79 Å². The lowest BCUT2D eigenvalue weighted by molar-refractivity contribution is -0.118. The fourth-order valence-electron chi connectivity index (χ4n) is 3.92. The molecule has 2 aromatic heterocycles. The summed E-state index contributed by atoms with van der Waals surface area (Å²) >= 11 is 1.14. The van der Waals surface area contributed by atoms with Crippen molar-refractivity contribution in [3.8, 4) is 0 Å². The van der Waals surface area contributed by atoms with E-state index in [0.29, 0.717) is 37.6 Å². The monoisotopic (exact) mass is 502 g/mol. The maximum atomic E-state index is 13.3. The van der Waals surface area contributed by atoms with E-state index < -0.39 is 17.5 Å². The number of ketones is 1. The quantitative estimate of drug-likeness (QED) is 0.359. The Morgan fingerprint density at radius 2 is 1.69 bits per heavy atom. The maximum absolute atomic E-state index is 13.3. The molecule has 0 saturated carbocycles. The van der Waals surface area contributed by atoms with Crippen molar-refractivity contribution in [2.24, 2.45) is 0 Å². The average molecular weight is 503 g/mol. The Hall–Kier alpha value is -4.11. The number of fused-ring (bicyclic) bond motifs is 1. The van der Waals surface area contributed by atoms with Gasteiger partial charge in [0, 0.05) is 16.9 Å². The Kier molecular flexibility index (Phi) is 6.85. The van der Waals surface area contributed by atoms with Crippen LogP contribution in [0.15, 0.2) is 53.6 Å². The molecule has 4 rings (SSSR count). The van der Waals surface area contributed by atoms with Crippen LogP contribution in [0.3, 0.4) is 0 Å². The van der Waals surface area contributed by atoms with E-state index in [1.165, 1.54) is 17.8 Å². The number of aryl methyl sites for hydroxylation is 3. The number of anilines is 2. The lowest BCUT2D eigenvalue weighted by atomic mass is 10.1. The number of thiophene rings is 1. The van der Waals surface area contributed by atoms with E-state index in [9.17, 15) is 19.2 Å². The molecule has 9 heteroatoms. The Balaban J connectivity index is 1.60. The van der Waals surface area contributed by atoms with Gasteiger partial charge >= 0.3 is 0 Å². The minimum atomic E-state index is -0.853. The standard InChI is InChI=1S/C27H26N4O4S/c1-14-6-11-21(15(2)12-14)30-25(34)23-16(3)22-26(36-23)28-13-31(27(22)35)17(4)24(33)29-20-9-7-19(8-10-20)18(5)32/h6-13,17H,1-5H3,(H,29,33)(H,30,34). The summed E-state index contributed by atoms with van der Waals surface area (Å²) in [5.41, 5.74) is 3.92. The molecule has 1 atom stereocenters. The zero-order chi connectivity index (χ0) is 26.1. The van der Waals surface area contributed by atoms with Gasteiger partial charge in [0.15, 0.2) is 5.78 Å². The second kappa shape index (κ2) is 9.87. The number of nitrogens with zero attached hydrogens (tertiary/aromatic N) is 2. The lowest BCUT2D eigenvalue weighted by Crippen LogP contribution is -2.31. The number of aromatic nitrogens is 2. The van der Waals surface area contributed by atoms with Crippen molar-refractivity contribution in [3.05, 3.63) is 86.3 Å². The zero-order valence-electron chi connectivity index (χ0n) is 20.6. The second-order valence-electron chi connectivity index (χ2n) is 8.76. The number of nitrogens with one attached hydrogen (secondary N) is 2. The van der Waals surface area contributed by atoms with Crippen molar-refractivity contribution in [1.82, 2.24) is 9.55 Å². The minimum absolute atomic E-state index is 0.0691. The van der Waals surface area contributed by atoms with Crippen LogP contribution in [-0.4, -0.2) is 27.1 Å². The first-order chi connectivity index (χ1) is 17.1. The molecule has 0 saturated heterocycles. The third-order valence-electron chi connectivity index (χ3n) is 6.07. The summed E-state index contributed by atoms with van der Waals surface area (Å²) in [5, 5.41) is 5.99. The summed E-state index contributed by atoms with van der Waals surface area (Å²) in [6.07, 6.45) is 1.33. The molecule has 0 aliphatic rings. The predicted molar refractivity (Wildman–Crippen MR) is 142 cm³/mol. The van der Waals surface area contributed by atoms with Crippen LogP contribution in [0.25, 0.3) is 10.2 Å². The van der Waals surface area contributed by atoms with Crippen LogP contribution in [0, 0.1) is 20.8 Å². The molecule has 4 aromatic rings. The van der Waals surface area contributed by atoms with E-state index >= 15 is 0 Å². The number of rotatable bonds is 6. The minimum Gasteiger partial charge on any atom is -0.324 e. The number of amides is 2. The molecular weight excluding hydrogens is 476 g/mol. The van der Waals surface area contributed by atoms with Gasteiger partial charge in [0.1, 0.15) is 10.9 Å². The van der Waals surface area contributed by atoms with Gasteiger partial charge in [0.25, 0.3) is 11.5 Å². The number of carbonyl (C=O) groups is 3. The summed E-state index contributed by atoms with van der Waals surface area (Å²) in [7, 11) is 0. The fourth-order valence-corrected chi connectivity index (χ4v) is 4.96. The van der Waals surface area contributed by atoms with Crippen molar-refractivity contribution in [3.63, 3.8) is 0 Å². The van der Waals surface area contributed by atoms with Gasteiger partial charge in [-0.3, -0.25) is 23.7 Å². The van der Waals surface area contributed by atoms with Crippen molar-refractivity contribution < 1.29 is 14.4 Å². The Morgan fingerprint density at radius 3 is 2.33 bits per heavy atom. The molecule has 8 nitrogen and oxygen atoms in total. The molecular formula is C27H26N4O4S. The fraction of sp³-hybridized carbons (Fsp3) is 0.222. The molecule has 0 aliphatic heterocycles. The molecule has 2 N–H and O–H groups in total. The molecule has 0 spiro atoms. The average Bonchev–Trinajstić information content (AvgIpc) is 3.18. The third-order valence-corrected chi connectivity index (χ3v) is 7.27. The molecule has 36 heavy (non-hydrogen) atoms. The predicted octanol–water partition coefficient (Wildman–Crippen LogP) is 5.04. The normalized spacial score (nSPS) is 11.8. The highest BCUT2D eigenvalue weighted by Crippen LogP contribution is 2.28. The Bertz CT molecular complexity index is 1570. The van der Waals surface area contributed by atoms with Gasteiger partial charge < -0.3 is 10.6 Å². The van der Waals surface area contributed by atoms with Crippen LogP contribution < -0.4 is 16.2 Å². The second-order valence-corrected chi connectivity index (χ2v) is 9.76. The SMILES string of the molecule is CC(=O)c1ccc(NC(=O)C(C)n2cnc3sc(C(=O)Nc4ccc(C)cc4C)c(C)c3c2=O)cc1. The van der Waals surface area contributed by atoms with Crippen LogP contribution in [0.1, 0.15) is 56.6 Å². The largest absolute Gasteiger partial charge is 0.324 e. The summed E-state index contributed by atoms with van der Waals surface area (Å²) in [5.74, 6) is -0.789. The molecule has 184 valence electrons. The van der Waals surface area contributed by atoms with E-state index in [2.05, 4.69) is 15.6 Å². The molecule has 1 unspecified atom stereocenters. The Morgan fingerprint density at radius 1 is 1.00 bits per heavy atom. The van der Waals surface area contributed by atoms with E-state index in [1.54, 1.807) is 38.1 Å². The summed E-state index contributed by atoms with van der Waals surface area (Å²) < 4.78 is 1.26. The van der Waals surface area contributed by atoms with Gasteiger partial charge in [0.2, 0.25) is 5.91 Å². The van der Waals surface area contributed by atoms with Gasteiger partial charge in [-0.1, -0.05) is 17.7 Å². The van der Waals surface area contributed by atoms with E-state index in [4.69, 9.17) is 0 Å². The molecule has 0 fully saturated rings. The highest BCUT2D eigenvalue weighted by Gasteiger charge is 2.23. The van der Waals surface area contributed by atoms with Crippen LogP contribution in [0.5, 0.6) is 0 Å². The number of carbonyl (C=O) groups excluding carboxylic acids is 3. The van der Waals surface area contributed by atoms with Crippen molar-refractivity contribution >= 4 is 50.5 Å². The first-order valence-electron chi connectivity index (χ1n) is 11.4. The first kappa shape index (κ1) is 25.0.